The van der Waals surface area contributed by atoms with Gasteiger partial charge in [-0.25, -0.2) is 9.97 Å². The molecule has 1 aromatic carbocycles. The van der Waals surface area contributed by atoms with Gasteiger partial charge in [-0.3, -0.25) is 4.79 Å². The van der Waals surface area contributed by atoms with E-state index in [1.807, 2.05) is 11.0 Å². The molecule has 138 valence electrons. The highest BCUT2D eigenvalue weighted by molar-refractivity contribution is 5.93. The lowest BCUT2D eigenvalue weighted by Gasteiger charge is -2.35. The lowest BCUT2D eigenvalue weighted by Crippen LogP contribution is -2.43. The number of likely N-dealkylation sites (tertiary alicyclic amines) is 1. The molecule has 0 bridgehead atoms. The van der Waals surface area contributed by atoms with Crippen LogP contribution in [0.4, 0.5) is 5.82 Å². The second-order valence-corrected chi connectivity index (χ2v) is 6.86. The van der Waals surface area contributed by atoms with E-state index in [2.05, 4.69) is 46.5 Å². The summed E-state index contributed by atoms with van der Waals surface area (Å²) in [6.07, 6.45) is 7.91. The number of aryl methyl sites for hydroxylation is 1. The van der Waals surface area contributed by atoms with Crippen LogP contribution in [-0.2, 0) is 6.42 Å². The van der Waals surface area contributed by atoms with Crippen molar-refractivity contribution in [2.75, 3.05) is 18.4 Å². The lowest BCUT2D eigenvalue weighted by atomic mass is 9.99. The molecule has 1 unspecified atom stereocenters. The highest BCUT2D eigenvalue weighted by atomic mass is 16.2. The average Bonchev–Trinajstić information content (AvgIpc) is 2.71. The number of nitrogens with zero attached hydrogens (tertiary/aromatic N) is 3. The second-order valence-electron chi connectivity index (χ2n) is 6.86. The number of piperidine rings is 1. The first-order valence-corrected chi connectivity index (χ1v) is 9.68. The minimum absolute atomic E-state index is 0.0336. The molecule has 0 aliphatic carbocycles. The zero-order valence-electron chi connectivity index (χ0n) is 15.5. The fourth-order valence-corrected chi connectivity index (χ4v) is 3.56. The number of amides is 1. The van der Waals surface area contributed by atoms with E-state index in [4.69, 9.17) is 0 Å². The van der Waals surface area contributed by atoms with Crippen LogP contribution in [0.15, 0.2) is 42.7 Å². The third-order valence-corrected chi connectivity index (χ3v) is 5.04. The number of benzene rings is 1. The van der Waals surface area contributed by atoms with Crippen molar-refractivity contribution in [3.8, 4) is 0 Å². The molecule has 0 saturated carbocycles. The topological polar surface area (TPSA) is 58.1 Å². The molecule has 5 heteroatoms. The van der Waals surface area contributed by atoms with Crippen LogP contribution in [0, 0.1) is 0 Å². The van der Waals surface area contributed by atoms with Gasteiger partial charge in [0.2, 0.25) is 0 Å². The Balaban J connectivity index is 1.54. The summed E-state index contributed by atoms with van der Waals surface area (Å²) in [5.41, 5.74) is 1.83. The summed E-state index contributed by atoms with van der Waals surface area (Å²) < 4.78 is 0. The van der Waals surface area contributed by atoms with Gasteiger partial charge in [-0.05, 0) is 44.1 Å². The highest BCUT2D eigenvalue weighted by Gasteiger charge is 2.27. The fourth-order valence-electron chi connectivity index (χ4n) is 3.56. The summed E-state index contributed by atoms with van der Waals surface area (Å²) in [6, 6.07) is 12.6. The molecule has 1 atom stereocenters. The van der Waals surface area contributed by atoms with Crippen LogP contribution in [-0.4, -0.2) is 39.9 Å². The van der Waals surface area contributed by atoms with E-state index in [-0.39, 0.29) is 5.91 Å². The van der Waals surface area contributed by atoms with Gasteiger partial charge >= 0.3 is 0 Å². The third-order valence-electron chi connectivity index (χ3n) is 5.04. The van der Waals surface area contributed by atoms with Gasteiger partial charge in [-0.2, -0.15) is 0 Å². The Morgan fingerprint density at radius 3 is 2.88 bits per heavy atom. The number of rotatable bonds is 7. The van der Waals surface area contributed by atoms with Gasteiger partial charge in [0.15, 0.2) is 0 Å². The van der Waals surface area contributed by atoms with Gasteiger partial charge in [0.05, 0.1) is 0 Å². The first-order valence-electron chi connectivity index (χ1n) is 9.68. The number of hydrogen-bond acceptors (Lipinski definition) is 4. The van der Waals surface area contributed by atoms with Crippen molar-refractivity contribution >= 4 is 11.7 Å². The molecule has 1 aliphatic rings. The van der Waals surface area contributed by atoms with E-state index >= 15 is 0 Å². The number of carbonyl (C=O) groups excluding carboxylic acids is 1. The number of hydrogen-bond donors (Lipinski definition) is 1. The van der Waals surface area contributed by atoms with Crippen LogP contribution in [0.2, 0.25) is 0 Å². The minimum Gasteiger partial charge on any atom is -0.370 e. The van der Waals surface area contributed by atoms with Crippen molar-refractivity contribution in [2.24, 2.45) is 0 Å². The molecule has 1 saturated heterocycles. The normalized spacial score (nSPS) is 17.1. The quantitative estimate of drug-likeness (QED) is 0.767. The van der Waals surface area contributed by atoms with Crippen LogP contribution >= 0.6 is 0 Å². The Hall–Kier alpha value is -2.43. The summed E-state index contributed by atoms with van der Waals surface area (Å²) in [4.78, 5) is 23.3. The van der Waals surface area contributed by atoms with E-state index < -0.39 is 0 Å². The van der Waals surface area contributed by atoms with Crippen molar-refractivity contribution in [3.63, 3.8) is 0 Å². The molecule has 2 heterocycles. The van der Waals surface area contributed by atoms with Crippen molar-refractivity contribution in [2.45, 2.75) is 51.5 Å². The number of anilines is 1. The smallest absolute Gasteiger partial charge is 0.272 e. The van der Waals surface area contributed by atoms with Crippen LogP contribution in [0.5, 0.6) is 0 Å². The van der Waals surface area contributed by atoms with Crippen LogP contribution in [0.25, 0.3) is 0 Å². The maximum atomic E-state index is 12.8. The SMILES string of the molecule is CCC1CCCCN1C(=O)c1cc(NCCCc2ccccc2)ncn1. The molecule has 3 rings (SSSR count). The number of carbonyl (C=O) groups is 1. The van der Waals surface area contributed by atoms with E-state index in [1.54, 1.807) is 6.07 Å². The van der Waals surface area contributed by atoms with Gasteiger partial charge < -0.3 is 10.2 Å². The predicted molar refractivity (Wildman–Crippen MR) is 104 cm³/mol. The third kappa shape index (κ3) is 4.81. The molecule has 1 N–H and O–H groups in total. The van der Waals surface area contributed by atoms with Crippen molar-refractivity contribution in [3.05, 3.63) is 54.0 Å². The van der Waals surface area contributed by atoms with E-state index in [0.717, 1.165) is 51.0 Å². The molecule has 0 spiro atoms. The summed E-state index contributed by atoms with van der Waals surface area (Å²) in [5, 5.41) is 3.32. The minimum atomic E-state index is 0.0336. The largest absolute Gasteiger partial charge is 0.370 e. The maximum Gasteiger partial charge on any atom is 0.272 e. The Morgan fingerprint density at radius 1 is 1.23 bits per heavy atom. The van der Waals surface area contributed by atoms with Gasteiger partial charge in [0.25, 0.3) is 5.91 Å². The van der Waals surface area contributed by atoms with E-state index in [0.29, 0.717) is 11.7 Å². The van der Waals surface area contributed by atoms with Crippen molar-refractivity contribution < 1.29 is 4.79 Å². The summed E-state index contributed by atoms with van der Waals surface area (Å²) in [7, 11) is 0. The Morgan fingerprint density at radius 2 is 2.08 bits per heavy atom. The molecular formula is C21H28N4O. The molecule has 0 radical (unpaired) electrons. The Bertz CT molecular complexity index is 704. The summed E-state index contributed by atoms with van der Waals surface area (Å²) >= 11 is 0. The molecule has 2 aromatic rings. The van der Waals surface area contributed by atoms with Crippen molar-refractivity contribution in [1.82, 2.24) is 14.9 Å². The fraction of sp³-hybridized carbons (Fsp3) is 0.476. The first kappa shape index (κ1) is 18.4. The second kappa shape index (κ2) is 9.32. The Labute approximate surface area is 155 Å². The van der Waals surface area contributed by atoms with Gasteiger partial charge in [0.1, 0.15) is 17.8 Å². The number of aromatic nitrogens is 2. The standard InChI is InChI=1S/C21H28N4O/c1-2-18-12-6-7-14-25(18)21(26)19-15-20(24-16-23-19)22-13-8-11-17-9-4-3-5-10-17/h3-5,9-10,15-16,18H,2,6-8,11-14H2,1H3,(H,22,23,24). The predicted octanol–water partition coefficient (Wildman–Crippen LogP) is 3.93. The van der Waals surface area contributed by atoms with Gasteiger partial charge in [-0.15, -0.1) is 0 Å². The molecule has 1 fully saturated rings. The monoisotopic (exact) mass is 352 g/mol. The Kier molecular flexibility index (Phi) is 6.58. The van der Waals surface area contributed by atoms with Crippen LogP contribution in [0.3, 0.4) is 0 Å². The maximum absolute atomic E-state index is 12.8. The molecular weight excluding hydrogens is 324 g/mol. The number of nitrogens with one attached hydrogen (secondary N) is 1. The molecule has 1 amide bonds. The molecule has 1 aliphatic heterocycles. The van der Waals surface area contributed by atoms with Crippen molar-refractivity contribution in [1.29, 1.82) is 0 Å². The average molecular weight is 352 g/mol. The van der Waals surface area contributed by atoms with E-state index in [9.17, 15) is 4.79 Å². The van der Waals surface area contributed by atoms with Gasteiger partial charge in [-0.1, -0.05) is 37.3 Å². The zero-order chi connectivity index (χ0) is 18.2. The lowest BCUT2D eigenvalue weighted by molar-refractivity contribution is 0.0602. The molecule has 5 nitrogen and oxygen atoms in total. The summed E-state index contributed by atoms with van der Waals surface area (Å²) in [5.74, 6) is 0.757. The van der Waals surface area contributed by atoms with E-state index in [1.165, 1.54) is 18.3 Å². The zero-order valence-corrected chi connectivity index (χ0v) is 15.5. The highest BCUT2D eigenvalue weighted by Crippen LogP contribution is 2.21. The van der Waals surface area contributed by atoms with Crippen LogP contribution in [0.1, 0.15) is 55.1 Å². The summed E-state index contributed by atoms with van der Waals surface area (Å²) in [6.45, 7) is 3.80. The van der Waals surface area contributed by atoms with Gasteiger partial charge in [0, 0.05) is 25.2 Å². The molecule has 1 aromatic heterocycles. The first-order chi connectivity index (χ1) is 12.8. The van der Waals surface area contributed by atoms with Crippen LogP contribution < -0.4 is 5.32 Å². The molecule has 26 heavy (non-hydrogen) atoms.